The van der Waals surface area contributed by atoms with Crippen LogP contribution in [-0.2, 0) is 0 Å². The summed E-state index contributed by atoms with van der Waals surface area (Å²) < 4.78 is 10.9. The van der Waals surface area contributed by atoms with E-state index in [0.29, 0.717) is 18.5 Å². The Morgan fingerprint density at radius 1 is 1.53 bits per heavy atom. The molecule has 15 heavy (non-hydrogen) atoms. The molecule has 0 saturated carbocycles. The van der Waals surface area contributed by atoms with Crippen LogP contribution in [0.15, 0.2) is 12.3 Å². The molecule has 0 spiro atoms. The summed E-state index contributed by atoms with van der Waals surface area (Å²) in [6.45, 7) is 4.45. The Bertz CT molecular complexity index is 315. The van der Waals surface area contributed by atoms with Gasteiger partial charge in [0.25, 0.3) is 0 Å². The summed E-state index contributed by atoms with van der Waals surface area (Å²) in [7, 11) is 0. The predicted molar refractivity (Wildman–Crippen MR) is 55.1 cm³/mol. The van der Waals surface area contributed by atoms with Crippen LogP contribution in [0.1, 0.15) is 13.3 Å². The molecule has 0 aromatic carbocycles. The topological polar surface area (TPSA) is 56.3 Å². The highest BCUT2D eigenvalue weighted by Crippen LogP contribution is 2.12. The molecule has 0 radical (unpaired) electrons. The van der Waals surface area contributed by atoms with Crippen LogP contribution in [0.3, 0.4) is 0 Å². The van der Waals surface area contributed by atoms with E-state index in [9.17, 15) is 0 Å². The summed E-state index contributed by atoms with van der Waals surface area (Å²) in [5.41, 5.74) is 0. The number of rotatable bonds is 5. The zero-order valence-corrected chi connectivity index (χ0v) is 8.77. The predicted octanol–water partition coefficient (Wildman–Crippen LogP) is 0.616. The molecular weight excluding hydrogens is 194 g/mol. The molecule has 1 saturated heterocycles. The van der Waals surface area contributed by atoms with E-state index in [0.717, 1.165) is 19.5 Å². The van der Waals surface area contributed by atoms with Gasteiger partial charge in [-0.25, -0.2) is 4.98 Å². The van der Waals surface area contributed by atoms with Gasteiger partial charge in [0.05, 0.1) is 6.61 Å². The average Bonchev–Trinajstić information content (AvgIpc) is 2.21. The summed E-state index contributed by atoms with van der Waals surface area (Å²) in [5.74, 6) is 0.578. The molecular formula is C10H15N3O2. The van der Waals surface area contributed by atoms with Crippen LogP contribution in [0.5, 0.6) is 11.9 Å². The molecule has 1 aliphatic heterocycles. The van der Waals surface area contributed by atoms with Crippen LogP contribution in [0.25, 0.3) is 0 Å². The van der Waals surface area contributed by atoms with Gasteiger partial charge in [-0.2, -0.15) is 4.98 Å². The molecule has 1 aromatic rings. The van der Waals surface area contributed by atoms with E-state index < -0.39 is 0 Å². The lowest BCUT2D eigenvalue weighted by molar-refractivity contribution is 0.128. The number of ether oxygens (including phenoxy) is 2. The molecule has 1 aliphatic rings. The van der Waals surface area contributed by atoms with Crippen molar-refractivity contribution < 1.29 is 9.47 Å². The molecule has 0 atom stereocenters. The molecule has 5 heteroatoms. The van der Waals surface area contributed by atoms with Gasteiger partial charge < -0.3 is 14.8 Å². The second-order valence-corrected chi connectivity index (χ2v) is 3.42. The first-order valence-electron chi connectivity index (χ1n) is 5.21. The summed E-state index contributed by atoms with van der Waals surface area (Å²) in [6.07, 6.45) is 2.82. The summed E-state index contributed by atoms with van der Waals surface area (Å²) in [4.78, 5) is 8.18. The Hall–Kier alpha value is -1.36. The third-order valence-corrected chi connectivity index (χ3v) is 2.08. The molecule has 0 unspecified atom stereocenters. The fourth-order valence-corrected chi connectivity index (χ4v) is 1.16. The second kappa shape index (κ2) is 4.93. The molecule has 1 fully saturated rings. The zero-order valence-electron chi connectivity index (χ0n) is 8.77. The summed E-state index contributed by atoms with van der Waals surface area (Å²) in [5, 5.41) is 3.12. The Morgan fingerprint density at radius 2 is 2.40 bits per heavy atom. The molecule has 1 aromatic heterocycles. The summed E-state index contributed by atoms with van der Waals surface area (Å²) >= 11 is 0. The van der Waals surface area contributed by atoms with E-state index in [2.05, 4.69) is 22.2 Å². The second-order valence-electron chi connectivity index (χ2n) is 3.42. The van der Waals surface area contributed by atoms with Crippen LogP contribution >= 0.6 is 0 Å². The first-order valence-corrected chi connectivity index (χ1v) is 5.21. The third-order valence-electron chi connectivity index (χ3n) is 2.08. The number of hydrogen-bond donors (Lipinski definition) is 1. The van der Waals surface area contributed by atoms with Crippen LogP contribution in [0.4, 0.5) is 0 Å². The molecule has 2 heterocycles. The van der Waals surface area contributed by atoms with E-state index in [-0.39, 0.29) is 6.10 Å². The molecule has 0 amide bonds. The Labute approximate surface area is 88.8 Å². The van der Waals surface area contributed by atoms with Crippen molar-refractivity contribution in [1.82, 2.24) is 15.3 Å². The SMILES string of the molecule is CCCOc1ccnc(OC2CNC2)n1. The largest absolute Gasteiger partial charge is 0.478 e. The molecule has 0 aliphatic carbocycles. The van der Waals surface area contributed by atoms with Gasteiger partial charge >= 0.3 is 6.01 Å². The minimum absolute atomic E-state index is 0.200. The Kier molecular flexibility index (Phi) is 3.34. The lowest BCUT2D eigenvalue weighted by atomic mass is 10.2. The smallest absolute Gasteiger partial charge is 0.320 e. The van der Waals surface area contributed by atoms with Crippen molar-refractivity contribution >= 4 is 0 Å². The van der Waals surface area contributed by atoms with Gasteiger partial charge in [0.15, 0.2) is 0 Å². The molecule has 2 rings (SSSR count). The van der Waals surface area contributed by atoms with Crippen molar-refractivity contribution in [2.75, 3.05) is 19.7 Å². The minimum atomic E-state index is 0.200. The monoisotopic (exact) mass is 209 g/mol. The van der Waals surface area contributed by atoms with Crippen molar-refractivity contribution in [2.24, 2.45) is 0 Å². The van der Waals surface area contributed by atoms with Gasteiger partial charge in [-0.3, -0.25) is 0 Å². The first kappa shape index (κ1) is 10.2. The van der Waals surface area contributed by atoms with E-state index in [1.54, 1.807) is 12.3 Å². The maximum absolute atomic E-state index is 5.51. The lowest BCUT2D eigenvalue weighted by Gasteiger charge is -2.26. The van der Waals surface area contributed by atoms with E-state index in [1.165, 1.54) is 0 Å². The van der Waals surface area contributed by atoms with Gasteiger partial charge in [0.1, 0.15) is 6.10 Å². The fraction of sp³-hybridized carbons (Fsp3) is 0.600. The highest BCUT2D eigenvalue weighted by atomic mass is 16.5. The minimum Gasteiger partial charge on any atom is -0.478 e. The molecule has 1 N–H and O–H groups in total. The van der Waals surface area contributed by atoms with Gasteiger partial charge in [0, 0.05) is 25.4 Å². The fourth-order valence-electron chi connectivity index (χ4n) is 1.16. The van der Waals surface area contributed by atoms with Crippen LogP contribution in [-0.4, -0.2) is 35.8 Å². The third kappa shape index (κ3) is 2.79. The maximum Gasteiger partial charge on any atom is 0.320 e. The van der Waals surface area contributed by atoms with Crippen molar-refractivity contribution in [3.05, 3.63) is 12.3 Å². The molecule has 0 bridgehead atoms. The molecule has 5 nitrogen and oxygen atoms in total. The zero-order chi connectivity index (χ0) is 10.5. The lowest BCUT2D eigenvalue weighted by Crippen LogP contribution is -2.50. The maximum atomic E-state index is 5.51. The van der Waals surface area contributed by atoms with Crippen molar-refractivity contribution in [3.63, 3.8) is 0 Å². The van der Waals surface area contributed by atoms with E-state index in [4.69, 9.17) is 9.47 Å². The highest BCUT2D eigenvalue weighted by Gasteiger charge is 2.19. The average molecular weight is 209 g/mol. The summed E-state index contributed by atoms with van der Waals surface area (Å²) in [6, 6.07) is 2.14. The Balaban J connectivity index is 1.92. The highest BCUT2D eigenvalue weighted by molar-refractivity contribution is 5.11. The normalized spacial score (nSPS) is 15.8. The quantitative estimate of drug-likeness (QED) is 0.770. The van der Waals surface area contributed by atoms with E-state index >= 15 is 0 Å². The van der Waals surface area contributed by atoms with Crippen molar-refractivity contribution in [3.8, 4) is 11.9 Å². The van der Waals surface area contributed by atoms with E-state index in [1.807, 2.05) is 0 Å². The standard InChI is InChI=1S/C10H15N3O2/c1-2-5-14-9-3-4-12-10(13-9)15-8-6-11-7-8/h3-4,8,11H,2,5-7H2,1H3. The van der Waals surface area contributed by atoms with Crippen LogP contribution in [0, 0.1) is 0 Å². The number of nitrogens with one attached hydrogen (secondary N) is 1. The number of nitrogens with zero attached hydrogens (tertiary/aromatic N) is 2. The number of aromatic nitrogens is 2. The Morgan fingerprint density at radius 3 is 3.07 bits per heavy atom. The van der Waals surface area contributed by atoms with Crippen LogP contribution < -0.4 is 14.8 Å². The first-order chi connectivity index (χ1) is 7.38. The molecule has 82 valence electrons. The van der Waals surface area contributed by atoms with Crippen molar-refractivity contribution in [1.29, 1.82) is 0 Å². The van der Waals surface area contributed by atoms with Gasteiger partial charge in [0.2, 0.25) is 5.88 Å². The van der Waals surface area contributed by atoms with Crippen LogP contribution in [0.2, 0.25) is 0 Å². The van der Waals surface area contributed by atoms with Gasteiger partial charge in [-0.1, -0.05) is 6.92 Å². The van der Waals surface area contributed by atoms with Gasteiger partial charge in [-0.05, 0) is 6.42 Å². The number of hydrogen-bond acceptors (Lipinski definition) is 5. The van der Waals surface area contributed by atoms with Gasteiger partial charge in [-0.15, -0.1) is 0 Å². The van der Waals surface area contributed by atoms with Crippen molar-refractivity contribution in [2.45, 2.75) is 19.4 Å².